The number of likely N-dealkylation sites (tertiary alicyclic amines) is 1. The molecule has 2 unspecified atom stereocenters. The fourth-order valence-electron chi connectivity index (χ4n) is 2.32. The van der Waals surface area contributed by atoms with Crippen LogP contribution in [0.15, 0.2) is 18.2 Å². The van der Waals surface area contributed by atoms with Crippen LogP contribution >= 0.6 is 11.6 Å². The molecular weight excluding hydrogens is 274 g/mol. The van der Waals surface area contributed by atoms with Crippen LogP contribution in [0, 0.1) is 5.92 Å². The standard InChI is InChI=1S/C13H17ClF2N2O/c1-8-5-18(7-11(8)17)6-9-2-3-12(10(14)4-9)19-13(15)16/h2-4,8,11,13H,5-7,17H2,1H3. The smallest absolute Gasteiger partial charge is 0.387 e. The van der Waals surface area contributed by atoms with E-state index in [9.17, 15) is 8.78 Å². The second-order valence-electron chi connectivity index (χ2n) is 4.98. The Morgan fingerprint density at radius 1 is 1.47 bits per heavy atom. The monoisotopic (exact) mass is 290 g/mol. The van der Waals surface area contributed by atoms with Crippen LogP contribution < -0.4 is 10.5 Å². The number of nitrogens with two attached hydrogens (primary N) is 1. The van der Waals surface area contributed by atoms with Crippen LogP contribution in [0.1, 0.15) is 12.5 Å². The Morgan fingerprint density at radius 2 is 2.21 bits per heavy atom. The van der Waals surface area contributed by atoms with Gasteiger partial charge in [0, 0.05) is 25.7 Å². The van der Waals surface area contributed by atoms with Crippen molar-refractivity contribution in [1.29, 1.82) is 0 Å². The maximum absolute atomic E-state index is 12.1. The van der Waals surface area contributed by atoms with Gasteiger partial charge in [-0.3, -0.25) is 4.90 Å². The van der Waals surface area contributed by atoms with Gasteiger partial charge in [0.15, 0.2) is 0 Å². The third kappa shape index (κ3) is 3.78. The van der Waals surface area contributed by atoms with Crippen molar-refractivity contribution in [3.8, 4) is 5.75 Å². The van der Waals surface area contributed by atoms with Crippen molar-refractivity contribution in [2.45, 2.75) is 26.1 Å². The average molecular weight is 291 g/mol. The summed E-state index contributed by atoms with van der Waals surface area (Å²) in [5.74, 6) is 0.476. The van der Waals surface area contributed by atoms with E-state index in [0.717, 1.165) is 18.7 Å². The van der Waals surface area contributed by atoms with Crippen LogP contribution in [-0.4, -0.2) is 30.6 Å². The van der Waals surface area contributed by atoms with Crippen molar-refractivity contribution in [3.05, 3.63) is 28.8 Å². The normalized spacial score (nSPS) is 24.1. The molecule has 1 fully saturated rings. The summed E-state index contributed by atoms with van der Waals surface area (Å²) < 4.78 is 28.5. The maximum Gasteiger partial charge on any atom is 0.387 e. The molecule has 1 aliphatic rings. The fraction of sp³-hybridized carbons (Fsp3) is 0.538. The van der Waals surface area contributed by atoms with Gasteiger partial charge in [-0.25, -0.2) is 0 Å². The van der Waals surface area contributed by atoms with Crippen molar-refractivity contribution in [3.63, 3.8) is 0 Å². The number of alkyl halides is 2. The molecule has 2 atom stereocenters. The molecule has 3 nitrogen and oxygen atoms in total. The number of hydrogen-bond acceptors (Lipinski definition) is 3. The number of rotatable bonds is 4. The van der Waals surface area contributed by atoms with Crippen molar-refractivity contribution < 1.29 is 13.5 Å². The van der Waals surface area contributed by atoms with Gasteiger partial charge in [0.05, 0.1) is 5.02 Å². The summed E-state index contributed by atoms with van der Waals surface area (Å²) in [4.78, 5) is 2.23. The minimum Gasteiger partial charge on any atom is -0.433 e. The molecule has 19 heavy (non-hydrogen) atoms. The topological polar surface area (TPSA) is 38.5 Å². The molecule has 0 spiro atoms. The number of benzene rings is 1. The molecule has 106 valence electrons. The minimum atomic E-state index is -2.86. The van der Waals surface area contributed by atoms with Gasteiger partial charge in [0.25, 0.3) is 0 Å². The molecule has 0 amide bonds. The van der Waals surface area contributed by atoms with E-state index in [1.807, 2.05) is 0 Å². The van der Waals surface area contributed by atoms with Crippen LogP contribution in [0.2, 0.25) is 5.02 Å². The van der Waals surface area contributed by atoms with Crippen LogP contribution in [0.25, 0.3) is 0 Å². The highest BCUT2D eigenvalue weighted by molar-refractivity contribution is 6.32. The van der Waals surface area contributed by atoms with Gasteiger partial charge in [-0.2, -0.15) is 8.78 Å². The van der Waals surface area contributed by atoms with Gasteiger partial charge in [0.2, 0.25) is 0 Å². The van der Waals surface area contributed by atoms with Gasteiger partial charge in [0.1, 0.15) is 5.75 Å². The van der Waals surface area contributed by atoms with Gasteiger partial charge in [-0.1, -0.05) is 24.6 Å². The van der Waals surface area contributed by atoms with Gasteiger partial charge < -0.3 is 10.5 Å². The zero-order chi connectivity index (χ0) is 14.0. The predicted octanol–water partition coefficient (Wildman–Crippen LogP) is 2.72. The number of nitrogens with zero attached hydrogens (tertiary/aromatic N) is 1. The van der Waals surface area contributed by atoms with E-state index < -0.39 is 6.61 Å². The van der Waals surface area contributed by atoms with E-state index >= 15 is 0 Å². The molecule has 1 aromatic carbocycles. The average Bonchev–Trinajstić information content (AvgIpc) is 2.61. The molecule has 0 radical (unpaired) electrons. The van der Waals surface area contributed by atoms with Gasteiger partial charge in [-0.05, 0) is 23.6 Å². The maximum atomic E-state index is 12.1. The molecule has 6 heteroatoms. The highest BCUT2D eigenvalue weighted by Gasteiger charge is 2.26. The van der Waals surface area contributed by atoms with E-state index in [2.05, 4.69) is 16.6 Å². The van der Waals surface area contributed by atoms with Crippen LogP contribution in [-0.2, 0) is 6.54 Å². The largest absolute Gasteiger partial charge is 0.433 e. The Kier molecular flexibility index (Phi) is 4.60. The SMILES string of the molecule is CC1CN(Cc2ccc(OC(F)F)c(Cl)c2)CC1N. The van der Waals surface area contributed by atoms with Crippen molar-refractivity contribution in [2.75, 3.05) is 13.1 Å². The first-order valence-corrected chi connectivity index (χ1v) is 6.54. The molecule has 1 aliphatic heterocycles. The first kappa shape index (κ1) is 14.5. The molecule has 0 aliphatic carbocycles. The Morgan fingerprint density at radius 3 is 2.74 bits per heavy atom. The molecule has 2 N–H and O–H groups in total. The van der Waals surface area contributed by atoms with Gasteiger partial charge >= 0.3 is 6.61 Å². The zero-order valence-corrected chi connectivity index (χ0v) is 11.4. The third-order valence-electron chi connectivity index (χ3n) is 3.36. The first-order valence-electron chi connectivity index (χ1n) is 6.17. The summed E-state index contributed by atoms with van der Waals surface area (Å²) in [5.41, 5.74) is 6.93. The number of ether oxygens (including phenoxy) is 1. The van der Waals surface area contributed by atoms with Crippen LogP contribution in [0.5, 0.6) is 5.75 Å². The fourth-order valence-corrected chi connectivity index (χ4v) is 2.56. The van der Waals surface area contributed by atoms with Crippen molar-refractivity contribution >= 4 is 11.6 Å². The van der Waals surface area contributed by atoms with E-state index in [0.29, 0.717) is 12.5 Å². The second-order valence-corrected chi connectivity index (χ2v) is 5.39. The quantitative estimate of drug-likeness (QED) is 0.927. The lowest BCUT2D eigenvalue weighted by molar-refractivity contribution is -0.0498. The van der Waals surface area contributed by atoms with E-state index in [1.54, 1.807) is 12.1 Å². The Hall–Kier alpha value is -0.910. The molecule has 0 aromatic heterocycles. The Labute approximate surface area is 116 Å². The summed E-state index contributed by atoms with van der Waals surface area (Å²) in [5, 5.41) is 0.203. The zero-order valence-electron chi connectivity index (χ0n) is 10.7. The summed E-state index contributed by atoms with van der Waals surface area (Å²) >= 11 is 5.91. The molecule has 1 aromatic rings. The van der Waals surface area contributed by atoms with E-state index in [-0.39, 0.29) is 16.8 Å². The summed E-state index contributed by atoms with van der Waals surface area (Å²) in [7, 11) is 0. The van der Waals surface area contributed by atoms with Crippen LogP contribution in [0.4, 0.5) is 8.78 Å². The van der Waals surface area contributed by atoms with Crippen molar-refractivity contribution in [1.82, 2.24) is 4.90 Å². The van der Waals surface area contributed by atoms with E-state index in [4.69, 9.17) is 17.3 Å². The summed E-state index contributed by atoms with van der Waals surface area (Å²) in [6.45, 7) is 1.76. The Balaban J connectivity index is 2.00. The molecule has 2 rings (SSSR count). The number of hydrogen-bond donors (Lipinski definition) is 1. The lowest BCUT2D eigenvalue weighted by Crippen LogP contribution is -2.28. The Bertz CT molecular complexity index is 435. The number of halogens is 3. The highest BCUT2D eigenvalue weighted by atomic mass is 35.5. The highest BCUT2D eigenvalue weighted by Crippen LogP contribution is 2.28. The molecular formula is C13H17ClF2N2O. The summed E-state index contributed by atoms with van der Waals surface area (Å²) in [6.07, 6.45) is 0. The summed E-state index contributed by atoms with van der Waals surface area (Å²) in [6, 6.07) is 5.08. The minimum absolute atomic E-state index is 0.00640. The third-order valence-corrected chi connectivity index (χ3v) is 3.66. The van der Waals surface area contributed by atoms with Crippen molar-refractivity contribution in [2.24, 2.45) is 11.7 Å². The molecule has 0 bridgehead atoms. The predicted molar refractivity (Wildman–Crippen MR) is 70.5 cm³/mol. The van der Waals surface area contributed by atoms with Crippen LogP contribution in [0.3, 0.4) is 0 Å². The lowest BCUT2D eigenvalue weighted by atomic mass is 10.1. The molecule has 1 saturated heterocycles. The first-order chi connectivity index (χ1) is 8.95. The second kappa shape index (κ2) is 6.03. The van der Waals surface area contributed by atoms with Gasteiger partial charge in [-0.15, -0.1) is 0 Å². The van der Waals surface area contributed by atoms with E-state index in [1.165, 1.54) is 6.07 Å². The lowest BCUT2D eigenvalue weighted by Gasteiger charge is -2.16. The molecule has 1 heterocycles. The molecule has 0 saturated carbocycles.